The molecule has 1 unspecified atom stereocenters. The van der Waals surface area contributed by atoms with E-state index in [-0.39, 0.29) is 5.92 Å². The number of hydrogen-bond acceptors (Lipinski definition) is 2. The van der Waals surface area contributed by atoms with Crippen molar-refractivity contribution in [2.45, 2.75) is 12.6 Å². The van der Waals surface area contributed by atoms with Crippen LogP contribution in [0.25, 0.3) is 0 Å². The van der Waals surface area contributed by atoms with Crippen LogP contribution >= 0.6 is 0 Å². The summed E-state index contributed by atoms with van der Waals surface area (Å²) >= 11 is 0. The molecule has 1 aliphatic rings. The summed E-state index contributed by atoms with van der Waals surface area (Å²) in [7, 11) is 1.58. The van der Waals surface area contributed by atoms with Gasteiger partial charge in [-0.15, -0.1) is 0 Å². The van der Waals surface area contributed by atoms with E-state index in [0.29, 0.717) is 11.3 Å². The molecule has 1 N–H and O–H groups in total. The molecule has 0 bridgehead atoms. The first kappa shape index (κ1) is 10.4. The largest absolute Gasteiger partial charge is 0.496 e. The molecular formula is C12H16FNO. The standard InChI is InChI=1S/C12H16FNO/c1-12(13,9-7-14-8-9)10-5-3-4-6-11(10)15-2/h3-6,9,14H,7-8H2,1-2H3. The third-order valence-corrected chi connectivity index (χ3v) is 3.18. The minimum Gasteiger partial charge on any atom is -0.496 e. The van der Waals surface area contributed by atoms with Crippen molar-refractivity contribution in [1.29, 1.82) is 0 Å². The zero-order valence-corrected chi connectivity index (χ0v) is 9.09. The minimum atomic E-state index is -1.31. The zero-order chi connectivity index (χ0) is 10.9. The van der Waals surface area contributed by atoms with Crippen LogP contribution in [0.5, 0.6) is 5.75 Å². The van der Waals surface area contributed by atoms with Gasteiger partial charge in [-0.2, -0.15) is 0 Å². The van der Waals surface area contributed by atoms with E-state index in [0.717, 1.165) is 13.1 Å². The summed E-state index contributed by atoms with van der Waals surface area (Å²) in [5.74, 6) is 0.684. The maximum absolute atomic E-state index is 14.6. The summed E-state index contributed by atoms with van der Waals surface area (Å²) in [5.41, 5.74) is -0.656. The van der Waals surface area contributed by atoms with Gasteiger partial charge < -0.3 is 10.1 Å². The quantitative estimate of drug-likeness (QED) is 0.823. The number of nitrogens with one attached hydrogen (secondary N) is 1. The number of methoxy groups -OCH3 is 1. The highest BCUT2D eigenvalue weighted by Gasteiger charge is 2.41. The van der Waals surface area contributed by atoms with Crippen LogP contribution in [0.2, 0.25) is 0 Å². The second-order valence-electron chi connectivity index (χ2n) is 4.13. The van der Waals surface area contributed by atoms with Crippen LogP contribution in [0.15, 0.2) is 24.3 Å². The van der Waals surface area contributed by atoms with Crippen molar-refractivity contribution in [2.24, 2.45) is 5.92 Å². The molecule has 1 aliphatic heterocycles. The Morgan fingerprint density at radius 2 is 2.07 bits per heavy atom. The fourth-order valence-corrected chi connectivity index (χ4v) is 1.94. The summed E-state index contributed by atoms with van der Waals surface area (Å²) in [6, 6.07) is 7.32. The fraction of sp³-hybridized carbons (Fsp3) is 0.500. The van der Waals surface area contributed by atoms with E-state index in [9.17, 15) is 4.39 Å². The minimum absolute atomic E-state index is 0.0498. The Morgan fingerprint density at radius 3 is 2.60 bits per heavy atom. The molecule has 0 aromatic heterocycles. The lowest BCUT2D eigenvalue weighted by Crippen LogP contribution is -2.51. The molecule has 2 rings (SSSR count). The lowest BCUT2D eigenvalue weighted by molar-refractivity contribution is 0.0606. The lowest BCUT2D eigenvalue weighted by atomic mass is 9.80. The maximum atomic E-state index is 14.6. The van der Waals surface area contributed by atoms with Crippen molar-refractivity contribution in [3.05, 3.63) is 29.8 Å². The molecule has 2 nitrogen and oxygen atoms in total. The van der Waals surface area contributed by atoms with Gasteiger partial charge in [0.1, 0.15) is 11.4 Å². The smallest absolute Gasteiger partial charge is 0.142 e. The normalized spacial score (nSPS) is 20.5. The van der Waals surface area contributed by atoms with Gasteiger partial charge >= 0.3 is 0 Å². The number of halogens is 1. The van der Waals surface area contributed by atoms with Crippen LogP contribution in [0.1, 0.15) is 12.5 Å². The average Bonchev–Trinajstić information content (AvgIpc) is 2.14. The molecule has 0 spiro atoms. The summed E-state index contributed by atoms with van der Waals surface area (Å²) in [6.45, 7) is 3.12. The van der Waals surface area contributed by atoms with Crippen LogP contribution in [0, 0.1) is 5.92 Å². The first-order valence-corrected chi connectivity index (χ1v) is 5.19. The SMILES string of the molecule is COc1ccccc1C(C)(F)C1CNC1. The molecule has 0 saturated carbocycles. The maximum Gasteiger partial charge on any atom is 0.142 e. The van der Waals surface area contributed by atoms with Crippen molar-refractivity contribution < 1.29 is 9.13 Å². The summed E-state index contributed by atoms with van der Waals surface area (Å²) < 4.78 is 19.8. The summed E-state index contributed by atoms with van der Waals surface area (Å²) in [5, 5.41) is 3.09. The molecule has 1 saturated heterocycles. The van der Waals surface area contributed by atoms with Crippen molar-refractivity contribution in [1.82, 2.24) is 5.32 Å². The van der Waals surface area contributed by atoms with Gasteiger partial charge in [0, 0.05) is 24.6 Å². The van der Waals surface area contributed by atoms with E-state index in [4.69, 9.17) is 4.74 Å². The summed E-state index contributed by atoms with van der Waals surface area (Å²) in [4.78, 5) is 0. The molecule has 0 amide bonds. The highest BCUT2D eigenvalue weighted by Crippen LogP contribution is 2.40. The third kappa shape index (κ3) is 1.72. The monoisotopic (exact) mass is 209 g/mol. The molecule has 82 valence electrons. The topological polar surface area (TPSA) is 21.3 Å². The number of rotatable bonds is 3. The first-order chi connectivity index (χ1) is 7.16. The Kier molecular flexibility index (Phi) is 2.65. The molecule has 15 heavy (non-hydrogen) atoms. The molecule has 1 aromatic rings. The molecule has 1 aromatic carbocycles. The number of alkyl halides is 1. The highest BCUT2D eigenvalue weighted by molar-refractivity contribution is 5.38. The van der Waals surface area contributed by atoms with E-state index in [1.807, 2.05) is 12.1 Å². The Balaban J connectivity index is 2.34. The van der Waals surface area contributed by atoms with Crippen molar-refractivity contribution >= 4 is 0 Å². The average molecular weight is 209 g/mol. The second kappa shape index (κ2) is 3.81. The van der Waals surface area contributed by atoms with E-state index in [1.165, 1.54) is 0 Å². The van der Waals surface area contributed by atoms with Gasteiger partial charge in [-0.1, -0.05) is 18.2 Å². The molecule has 0 radical (unpaired) electrons. The van der Waals surface area contributed by atoms with Gasteiger partial charge in [-0.25, -0.2) is 4.39 Å². The van der Waals surface area contributed by atoms with E-state index >= 15 is 0 Å². The summed E-state index contributed by atoms with van der Waals surface area (Å²) in [6.07, 6.45) is 0. The van der Waals surface area contributed by atoms with Gasteiger partial charge in [0.25, 0.3) is 0 Å². The molecule has 0 aliphatic carbocycles. The Bertz CT molecular complexity index is 347. The second-order valence-corrected chi connectivity index (χ2v) is 4.13. The Labute approximate surface area is 89.4 Å². The predicted octanol–water partition coefficient (Wildman–Crippen LogP) is 2.10. The first-order valence-electron chi connectivity index (χ1n) is 5.19. The molecule has 1 atom stereocenters. The fourth-order valence-electron chi connectivity index (χ4n) is 1.94. The lowest BCUT2D eigenvalue weighted by Gasteiger charge is -2.38. The third-order valence-electron chi connectivity index (χ3n) is 3.18. The van der Waals surface area contributed by atoms with E-state index in [1.54, 1.807) is 26.2 Å². The Hall–Kier alpha value is -1.09. The van der Waals surface area contributed by atoms with Gasteiger partial charge in [0.05, 0.1) is 7.11 Å². The molecular weight excluding hydrogens is 193 g/mol. The van der Waals surface area contributed by atoms with Crippen molar-refractivity contribution in [2.75, 3.05) is 20.2 Å². The van der Waals surface area contributed by atoms with Gasteiger partial charge in [0.2, 0.25) is 0 Å². The highest BCUT2D eigenvalue weighted by atomic mass is 19.1. The van der Waals surface area contributed by atoms with E-state index < -0.39 is 5.67 Å². The number of hydrogen-bond donors (Lipinski definition) is 1. The van der Waals surface area contributed by atoms with Crippen molar-refractivity contribution in [3.8, 4) is 5.75 Å². The van der Waals surface area contributed by atoms with Crippen LogP contribution in [-0.4, -0.2) is 20.2 Å². The van der Waals surface area contributed by atoms with E-state index in [2.05, 4.69) is 5.32 Å². The predicted molar refractivity (Wildman–Crippen MR) is 57.8 cm³/mol. The zero-order valence-electron chi connectivity index (χ0n) is 9.09. The van der Waals surface area contributed by atoms with Crippen LogP contribution in [0.3, 0.4) is 0 Å². The molecule has 3 heteroatoms. The van der Waals surface area contributed by atoms with Crippen LogP contribution in [0.4, 0.5) is 4.39 Å². The van der Waals surface area contributed by atoms with Crippen molar-refractivity contribution in [3.63, 3.8) is 0 Å². The van der Waals surface area contributed by atoms with Crippen LogP contribution in [-0.2, 0) is 5.67 Å². The Morgan fingerprint density at radius 1 is 1.40 bits per heavy atom. The number of para-hydroxylation sites is 1. The molecule has 1 heterocycles. The van der Waals surface area contributed by atoms with Crippen LogP contribution < -0.4 is 10.1 Å². The molecule has 1 fully saturated rings. The van der Waals surface area contributed by atoms with Gasteiger partial charge in [-0.3, -0.25) is 0 Å². The number of benzene rings is 1. The van der Waals surface area contributed by atoms with Gasteiger partial charge in [0.15, 0.2) is 0 Å². The number of ether oxygens (including phenoxy) is 1. The van der Waals surface area contributed by atoms with Gasteiger partial charge in [-0.05, 0) is 13.0 Å².